The van der Waals surface area contributed by atoms with Gasteiger partial charge in [-0.1, -0.05) is 19.9 Å². The number of ether oxygens (including phenoxy) is 1. The van der Waals surface area contributed by atoms with Crippen LogP contribution in [-0.2, 0) is 4.79 Å². The maximum atomic E-state index is 12.9. The topological polar surface area (TPSA) is 41.6 Å². The van der Waals surface area contributed by atoms with Gasteiger partial charge in [-0.25, -0.2) is 0 Å². The van der Waals surface area contributed by atoms with Crippen molar-refractivity contribution in [1.82, 2.24) is 5.32 Å². The lowest BCUT2D eigenvalue weighted by molar-refractivity contribution is -0.129. The summed E-state index contributed by atoms with van der Waals surface area (Å²) in [6, 6.07) is 7.63. The number of hydrogen-bond donors (Lipinski definition) is 1. The molecular formula is C17H26N2O2. The molecule has 1 atom stereocenters. The zero-order valence-electron chi connectivity index (χ0n) is 13.5. The summed E-state index contributed by atoms with van der Waals surface area (Å²) < 4.78 is 5.24. The molecule has 0 aliphatic carbocycles. The highest BCUT2D eigenvalue weighted by Crippen LogP contribution is 2.35. The number of hydrogen-bond acceptors (Lipinski definition) is 3. The van der Waals surface area contributed by atoms with E-state index in [1.807, 2.05) is 31.3 Å². The van der Waals surface area contributed by atoms with Crippen molar-refractivity contribution in [3.05, 3.63) is 24.3 Å². The van der Waals surface area contributed by atoms with Crippen LogP contribution in [0.5, 0.6) is 5.75 Å². The van der Waals surface area contributed by atoms with Crippen LogP contribution in [0.15, 0.2) is 24.3 Å². The van der Waals surface area contributed by atoms with E-state index in [4.69, 9.17) is 4.74 Å². The molecule has 1 aromatic rings. The van der Waals surface area contributed by atoms with E-state index in [-0.39, 0.29) is 11.3 Å². The van der Waals surface area contributed by atoms with E-state index in [1.54, 1.807) is 12.0 Å². The average Bonchev–Trinajstić information content (AvgIpc) is 2.54. The van der Waals surface area contributed by atoms with E-state index >= 15 is 0 Å². The number of carbonyl (C=O) groups excluding carboxylic acids is 1. The van der Waals surface area contributed by atoms with E-state index in [2.05, 4.69) is 19.2 Å². The summed E-state index contributed by atoms with van der Waals surface area (Å²) in [5, 5.41) is 3.40. The molecule has 116 valence electrons. The Kier molecular flexibility index (Phi) is 4.88. The van der Waals surface area contributed by atoms with Crippen molar-refractivity contribution in [1.29, 1.82) is 0 Å². The molecule has 0 bridgehead atoms. The molecule has 0 aromatic heterocycles. The minimum absolute atomic E-state index is 0.157. The second kappa shape index (κ2) is 6.48. The van der Waals surface area contributed by atoms with Gasteiger partial charge in [0.2, 0.25) is 5.91 Å². The van der Waals surface area contributed by atoms with E-state index in [1.165, 1.54) is 0 Å². The average molecular weight is 290 g/mol. The van der Waals surface area contributed by atoms with Crippen LogP contribution in [0.2, 0.25) is 0 Å². The summed E-state index contributed by atoms with van der Waals surface area (Å²) in [7, 11) is 3.48. The molecule has 0 saturated carbocycles. The molecule has 1 aromatic carbocycles. The SMILES string of the molecule is COc1cccc(N(C)C(=O)C(C)(C)C2CCCNC2)c1. The molecule has 1 aliphatic heterocycles. The van der Waals surface area contributed by atoms with Crippen molar-refractivity contribution in [3.63, 3.8) is 0 Å². The number of nitrogens with zero attached hydrogens (tertiary/aromatic N) is 1. The number of amides is 1. The Hall–Kier alpha value is -1.55. The number of anilines is 1. The first-order valence-electron chi connectivity index (χ1n) is 7.59. The summed E-state index contributed by atoms with van der Waals surface area (Å²) >= 11 is 0. The van der Waals surface area contributed by atoms with Crippen molar-refractivity contribution in [2.24, 2.45) is 11.3 Å². The molecule has 1 amide bonds. The largest absolute Gasteiger partial charge is 0.497 e. The summed E-state index contributed by atoms with van der Waals surface area (Å²) in [5.41, 5.74) is 0.502. The zero-order chi connectivity index (χ0) is 15.5. The van der Waals surface area contributed by atoms with Crippen molar-refractivity contribution >= 4 is 11.6 Å². The molecule has 1 N–H and O–H groups in total. The molecular weight excluding hydrogens is 264 g/mol. The van der Waals surface area contributed by atoms with Gasteiger partial charge in [-0.3, -0.25) is 4.79 Å². The number of nitrogens with one attached hydrogen (secondary N) is 1. The van der Waals surface area contributed by atoms with E-state index in [0.29, 0.717) is 5.92 Å². The zero-order valence-corrected chi connectivity index (χ0v) is 13.5. The number of benzene rings is 1. The fourth-order valence-corrected chi connectivity index (χ4v) is 3.01. The molecule has 1 heterocycles. The third-order valence-electron chi connectivity index (χ3n) is 4.61. The molecule has 1 aliphatic rings. The quantitative estimate of drug-likeness (QED) is 0.927. The standard InChI is InChI=1S/C17H26N2O2/c1-17(2,13-7-6-10-18-12-13)16(20)19(3)14-8-5-9-15(11-14)21-4/h5,8-9,11,13,18H,6-7,10,12H2,1-4H3. The maximum absolute atomic E-state index is 12.9. The van der Waals surface area contributed by atoms with Crippen molar-refractivity contribution in [2.45, 2.75) is 26.7 Å². The van der Waals surface area contributed by atoms with Crippen molar-refractivity contribution < 1.29 is 9.53 Å². The highest BCUT2D eigenvalue weighted by atomic mass is 16.5. The summed E-state index contributed by atoms with van der Waals surface area (Å²) in [6.07, 6.45) is 2.25. The van der Waals surface area contributed by atoms with Crippen LogP contribution in [0.25, 0.3) is 0 Å². The first-order valence-corrected chi connectivity index (χ1v) is 7.59. The highest BCUT2D eigenvalue weighted by molar-refractivity contribution is 5.97. The first kappa shape index (κ1) is 15.8. The fraction of sp³-hybridized carbons (Fsp3) is 0.588. The van der Waals surface area contributed by atoms with E-state index in [9.17, 15) is 4.79 Å². The number of rotatable bonds is 4. The smallest absolute Gasteiger partial charge is 0.232 e. The van der Waals surface area contributed by atoms with Gasteiger partial charge in [0.05, 0.1) is 7.11 Å². The van der Waals surface area contributed by atoms with Gasteiger partial charge in [0.1, 0.15) is 5.75 Å². The summed E-state index contributed by atoms with van der Waals surface area (Å²) in [5.74, 6) is 1.31. The predicted molar refractivity (Wildman–Crippen MR) is 85.8 cm³/mol. The third kappa shape index (κ3) is 3.38. The van der Waals surface area contributed by atoms with Crippen LogP contribution in [0.1, 0.15) is 26.7 Å². The first-order chi connectivity index (χ1) is 9.96. The van der Waals surface area contributed by atoms with Gasteiger partial charge in [-0.2, -0.15) is 0 Å². The number of piperidine rings is 1. The van der Waals surface area contributed by atoms with Gasteiger partial charge in [-0.15, -0.1) is 0 Å². The predicted octanol–water partition coefficient (Wildman–Crippen LogP) is 2.68. The van der Waals surface area contributed by atoms with Crippen LogP contribution >= 0.6 is 0 Å². The van der Waals surface area contributed by atoms with Gasteiger partial charge in [-0.05, 0) is 44.0 Å². The molecule has 1 unspecified atom stereocenters. The fourth-order valence-electron chi connectivity index (χ4n) is 3.01. The third-order valence-corrected chi connectivity index (χ3v) is 4.61. The molecule has 2 rings (SSSR count). The van der Waals surface area contributed by atoms with Gasteiger partial charge in [0.25, 0.3) is 0 Å². The monoisotopic (exact) mass is 290 g/mol. The van der Waals surface area contributed by atoms with Crippen molar-refractivity contribution in [2.75, 3.05) is 32.1 Å². The molecule has 1 fully saturated rings. The molecule has 1 saturated heterocycles. The Bertz CT molecular complexity index is 493. The lowest BCUT2D eigenvalue weighted by atomic mass is 9.74. The second-order valence-corrected chi connectivity index (χ2v) is 6.33. The lowest BCUT2D eigenvalue weighted by Crippen LogP contribution is -2.48. The van der Waals surface area contributed by atoms with Crippen molar-refractivity contribution in [3.8, 4) is 5.75 Å². The Balaban J connectivity index is 2.16. The lowest BCUT2D eigenvalue weighted by Gasteiger charge is -2.38. The van der Waals surface area contributed by atoms with Gasteiger partial charge < -0.3 is 15.0 Å². The Morgan fingerprint density at radius 1 is 1.43 bits per heavy atom. The summed E-state index contributed by atoms with van der Waals surface area (Å²) in [6.45, 7) is 6.10. The minimum Gasteiger partial charge on any atom is -0.497 e. The Labute approximate surface area is 127 Å². The number of methoxy groups -OCH3 is 1. The molecule has 4 heteroatoms. The van der Waals surface area contributed by atoms with Crippen LogP contribution < -0.4 is 15.0 Å². The van der Waals surface area contributed by atoms with Gasteiger partial charge in [0.15, 0.2) is 0 Å². The molecule has 21 heavy (non-hydrogen) atoms. The van der Waals surface area contributed by atoms with Crippen LogP contribution in [0, 0.1) is 11.3 Å². The Morgan fingerprint density at radius 3 is 2.81 bits per heavy atom. The van der Waals surface area contributed by atoms with Crippen LogP contribution in [0.3, 0.4) is 0 Å². The minimum atomic E-state index is -0.370. The molecule has 0 radical (unpaired) electrons. The van der Waals surface area contributed by atoms with E-state index in [0.717, 1.165) is 37.4 Å². The molecule has 0 spiro atoms. The Morgan fingerprint density at radius 2 is 2.19 bits per heavy atom. The van der Waals surface area contributed by atoms with Gasteiger partial charge >= 0.3 is 0 Å². The number of carbonyl (C=O) groups is 1. The van der Waals surface area contributed by atoms with E-state index < -0.39 is 0 Å². The summed E-state index contributed by atoms with van der Waals surface area (Å²) in [4.78, 5) is 14.7. The van der Waals surface area contributed by atoms with Crippen LogP contribution in [0.4, 0.5) is 5.69 Å². The molecule has 4 nitrogen and oxygen atoms in total. The normalized spacial score (nSPS) is 19.1. The second-order valence-electron chi connectivity index (χ2n) is 6.33. The highest BCUT2D eigenvalue weighted by Gasteiger charge is 2.39. The van der Waals surface area contributed by atoms with Crippen LogP contribution in [-0.4, -0.2) is 33.2 Å². The maximum Gasteiger partial charge on any atom is 0.232 e. The van der Waals surface area contributed by atoms with Gasteiger partial charge in [0, 0.05) is 24.2 Å².